The van der Waals surface area contributed by atoms with Gasteiger partial charge < -0.3 is 4.90 Å². The van der Waals surface area contributed by atoms with Crippen molar-refractivity contribution < 1.29 is 9.59 Å². The van der Waals surface area contributed by atoms with Gasteiger partial charge in [0, 0.05) is 19.2 Å². The lowest BCUT2D eigenvalue weighted by molar-refractivity contribution is -0.123. The third-order valence-electron chi connectivity index (χ3n) is 4.16. The van der Waals surface area contributed by atoms with Gasteiger partial charge in [0.15, 0.2) is 0 Å². The first kappa shape index (κ1) is 16.1. The van der Waals surface area contributed by atoms with Gasteiger partial charge >= 0.3 is 0 Å². The molecule has 0 radical (unpaired) electrons. The van der Waals surface area contributed by atoms with Crippen LogP contribution in [0.3, 0.4) is 0 Å². The lowest BCUT2D eigenvalue weighted by atomic mass is 10.1. The number of rotatable bonds is 4. The van der Waals surface area contributed by atoms with Gasteiger partial charge in [0.05, 0.1) is 5.69 Å². The number of hydrogen-bond donors (Lipinski definition) is 1. The first-order valence-electron chi connectivity index (χ1n) is 8.11. The van der Waals surface area contributed by atoms with Crippen LogP contribution in [0.25, 0.3) is 0 Å². The number of para-hydroxylation sites is 2. The van der Waals surface area contributed by atoms with Crippen molar-refractivity contribution in [2.24, 2.45) is 0 Å². The van der Waals surface area contributed by atoms with Crippen LogP contribution in [-0.4, -0.2) is 25.4 Å². The van der Waals surface area contributed by atoms with E-state index in [2.05, 4.69) is 5.43 Å². The maximum Gasteiger partial charge on any atom is 0.258 e. The first-order chi connectivity index (χ1) is 11.6. The Morgan fingerprint density at radius 2 is 1.79 bits per heavy atom. The van der Waals surface area contributed by atoms with Crippen molar-refractivity contribution in [1.82, 2.24) is 5.43 Å². The predicted molar refractivity (Wildman–Crippen MR) is 94.7 cm³/mol. The van der Waals surface area contributed by atoms with Crippen molar-refractivity contribution in [3.63, 3.8) is 0 Å². The molecule has 0 saturated carbocycles. The van der Waals surface area contributed by atoms with E-state index in [1.54, 1.807) is 17.0 Å². The lowest BCUT2D eigenvalue weighted by Crippen LogP contribution is -2.46. The van der Waals surface area contributed by atoms with E-state index in [1.807, 2.05) is 54.6 Å². The number of anilines is 2. The van der Waals surface area contributed by atoms with E-state index in [0.29, 0.717) is 6.42 Å². The summed E-state index contributed by atoms with van der Waals surface area (Å²) in [7, 11) is 1.78. The van der Waals surface area contributed by atoms with E-state index in [-0.39, 0.29) is 18.4 Å². The van der Waals surface area contributed by atoms with Gasteiger partial charge in [-0.3, -0.25) is 20.0 Å². The molecule has 0 fully saturated rings. The molecule has 0 spiro atoms. The van der Waals surface area contributed by atoms with Gasteiger partial charge in [0.1, 0.15) is 6.54 Å². The minimum absolute atomic E-state index is 0.00235. The molecule has 0 aromatic heterocycles. The monoisotopic (exact) mass is 323 g/mol. The standard InChI is InChI=1S/C19H21N3O2/c1-21(16-10-3-2-4-11-16)20-18(23)14-22-17-12-6-5-8-15(17)9-7-13-19(22)24/h2-6,8,10-12H,7,9,13-14H2,1H3,(H,20,23). The zero-order valence-corrected chi connectivity index (χ0v) is 13.7. The number of carbonyl (C=O) groups excluding carboxylic acids is 2. The van der Waals surface area contributed by atoms with Crippen molar-refractivity contribution >= 4 is 23.2 Å². The minimum Gasteiger partial charge on any atom is -0.303 e. The highest BCUT2D eigenvalue weighted by atomic mass is 16.2. The summed E-state index contributed by atoms with van der Waals surface area (Å²) in [5.74, 6) is -0.219. The van der Waals surface area contributed by atoms with Gasteiger partial charge in [-0.15, -0.1) is 0 Å². The van der Waals surface area contributed by atoms with Crippen LogP contribution in [-0.2, 0) is 16.0 Å². The summed E-state index contributed by atoms with van der Waals surface area (Å²) in [6.45, 7) is 0.0209. The average molecular weight is 323 g/mol. The predicted octanol–water partition coefficient (Wildman–Crippen LogP) is 2.52. The number of amides is 2. The average Bonchev–Trinajstić information content (AvgIpc) is 2.75. The van der Waals surface area contributed by atoms with Gasteiger partial charge in [-0.25, -0.2) is 0 Å². The van der Waals surface area contributed by atoms with Gasteiger partial charge in [-0.2, -0.15) is 0 Å². The normalized spacial score (nSPS) is 13.9. The largest absolute Gasteiger partial charge is 0.303 e. The zero-order chi connectivity index (χ0) is 16.9. The van der Waals surface area contributed by atoms with Crippen LogP contribution in [0, 0.1) is 0 Å². The summed E-state index contributed by atoms with van der Waals surface area (Å²) >= 11 is 0. The quantitative estimate of drug-likeness (QED) is 0.880. The van der Waals surface area contributed by atoms with Crippen LogP contribution in [0.4, 0.5) is 11.4 Å². The summed E-state index contributed by atoms with van der Waals surface area (Å²) in [6.07, 6.45) is 2.15. The lowest BCUT2D eigenvalue weighted by Gasteiger charge is -2.25. The molecule has 0 bridgehead atoms. The molecule has 124 valence electrons. The first-order valence-corrected chi connectivity index (χ1v) is 8.11. The smallest absolute Gasteiger partial charge is 0.258 e. The topological polar surface area (TPSA) is 52.7 Å². The molecule has 1 heterocycles. The Kier molecular flexibility index (Phi) is 4.79. The van der Waals surface area contributed by atoms with Crippen LogP contribution in [0.15, 0.2) is 54.6 Å². The Balaban J connectivity index is 1.72. The second-order valence-corrected chi connectivity index (χ2v) is 5.89. The maximum atomic E-state index is 12.4. The SMILES string of the molecule is CN(NC(=O)CN1C(=O)CCCc2ccccc21)c1ccccc1. The van der Waals surface area contributed by atoms with E-state index in [9.17, 15) is 9.59 Å². The van der Waals surface area contributed by atoms with Crippen LogP contribution in [0.2, 0.25) is 0 Å². The molecule has 0 saturated heterocycles. The van der Waals surface area contributed by atoms with Gasteiger partial charge in [-0.05, 0) is 36.6 Å². The molecule has 0 atom stereocenters. The molecule has 24 heavy (non-hydrogen) atoms. The Labute approximate surface area is 141 Å². The Morgan fingerprint density at radius 1 is 1.08 bits per heavy atom. The number of aryl methyl sites for hydroxylation is 1. The van der Waals surface area contributed by atoms with Crippen LogP contribution < -0.4 is 15.3 Å². The molecule has 3 rings (SSSR count). The molecule has 0 unspecified atom stereocenters. The fraction of sp³-hybridized carbons (Fsp3) is 0.263. The second-order valence-electron chi connectivity index (χ2n) is 5.89. The highest BCUT2D eigenvalue weighted by molar-refractivity contribution is 6.00. The van der Waals surface area contributed by atoms with Crippen molar-refractivity contribution in [2.45, 2.75) is 19.3 Å². The summed E-state index contributed by atoms with van der Waals surface area (Å²) in [4.78, 5) is 26.4. The van der Waals surface area contributed by atoms with Gasteiger partial charge in [0.2, 0.25) is 5.91 Å². The van der Waals surface area contributed by atoms with Crippen LogP contribution in [0.5, 0.6) is 0 Å². The number of nitrogens with one attached hydrogen (secondary N) is 1. The minimum atomic E-state index is -0.216. The van der Waals surface area contributed by atoms with E-state index >= 15 is 0 Å². The fourth-order valence-electron chi connectivity index (χ4n) is 2.94. The Morgan fingerprint density at radius 3 is 2.58 bits per heavy atom. The molecule has 5 heteroatoms. The fourth-order valence-corrected chi connectivity index (χ4v) is 2.94. The summed E-state index contributed by atoms with van der Waals surface area (Å²) in [5.41, 5.74) is 5.66. The highest BCUT2D eigenvalue weighted by Gasteiger charge is 2.24. The van der Waals surface area contributed by atoms with Crippen molar-refractivity contribution in [1.29, 1.82) is 0 Å². The van der Waals surface area contributed by atoms with Crippen molar-refractivity contribution in [2.75, 3.05) is 23.5 Å². The zero-order valence-electron chi connectivity index (χ0n) is 13.7. The second kappa shape index (κ2) is 7.17. The molecular formula is C19H21N3O2. The number of fused-ring (bicyclic) bond motifs is 1. The third-order valence-corrected chi connectivity index (χ3v) is 4.16. The number of nitrogens with zero attached hydrogens (tertiary/aromatic N) is 2. The third kappa shape index (κ3) is 3.56. The van der Waals surface area contributed by atoms with Crippen LogP contribution >= 0.6 is 0 Å². The van der Waals surface area contributed by atoms with Crippen LogP contribution in [0.1, 0.15) is 18.4 Å². The molecule has 2 aromatic rings. The molecule has 0 aliphatic carbocycles. The number of hydrogen-bond acceptors (Lipinski definition) is 3. The van der Waals surface area contributed by atoms with E-state index in [1.165, 1.54) is 0 Å². The van der Waals surface area contributed by atoms with Gasteiger partial charge in [0.25, 0.3) is 5.91 Å². The number of benzene rings is 2. The van der Waals surface area contributed by atoms with Crippen molar-refractivity contribution in [3.8, 4) is 0 Å². The molecule has 2 amide bonds. The summed E-state index contributed by atoms with van der Waals surface area (Å²) < 4.78 is 0. The molecule has 2 aromatic carbocycles. The van der Waals surface area contributed by atoms with E-state index in [0.717, 1.165) is 29.8 Å². The Hall–Kier alpha value is -2.82. The summed E-state index contributed by atoms with van der Waals surface area (Å²) in [5, 5.41) is 1.66. The summed E-state index contributed by atoms with van der Waals surface area (Å²) in [6, 6.07) is 17.4. The Bertz CT molecular complexity index is 730. The highest BCUT2D eigenvalue weighted by Crippen LogP contribution is 2.26. The molecular weight excluding hydrogens is 302 g/mol. The molecule has 5 nitrogen and oxygen atoms in total. The number of carbonyl (C=O) groups is 2. The number of hydrazine groups is 1. The molecule has 1 N–H and O–H groups in total. The maximum absolute atomic E-state index is 12.4. The van der Waals surface area contributed by atoms with Gasteiger partial charge in [-0.1, -0.05) is 36.4 Å². The van der Waals surface area contributed by atoms with Crippen molar-refractivity contribution in [3.05, 3.63) is 60.2 Å². The molecule has 1 aliphatic heterocycles. The van der Waals surface area contributed by atoms with E-state index < -0.39 is 0 Å². The van der Waals surface area contributed by atoms with E-state index in [4.69, 9.17) is 0 Å². The molecule has 1 aliphatic rings.